The molecule has 1 rings (SSSR count). The first kappa shape index (κ1) is 14.6. The molecule has 0 fully saturated rings. The van der Waals surface area contributed by atoms with Crippen molar-refractivity contribution in [2.24, 2.45) is 0 Å². The minimum absolute atomic E-state index is 0.0755. The van der Waals surface area contributed by atoms with Gasteiger partial charge in [0, 0.05) is 0 Å². The first-order valence-electron chi connectivity index (χ1n) is 4.91. The zero-order valence-electron chi connectivity index (χ0n) is 9.61. The lowest BCUT2D eigenvalue weighted by Gasteiger charge is -2.14. The second kappa shape index (κ2) is 5.43. The van der Waals surface area contributed by atoms with Crippen LogP contribution in [0.15, 0.2) is 6.20 Å². The summed E-state index contributed by atoms with van der Waals surface area (Å²) >= 11 is 0. The highest BCUT2D eigenvalue weighted by molar-refractivity contribution is 5.98. The van der Waals surface area contributed by atoms with Crippen LogP contribution in [0.4, 0.5) is 18.9 Å². The maximum absolute atomic E-state index is 12.3. The van der Waals surface area contributed by atoms with E-state index in [0.29, 0.717) is 0 Å². The van der Waals surface area contributed by atoms with E-state index < -0.39 is 29.3 Å². The molecule has 1 aromatic heterocycles. The van der Waals surface area contributed by atoms with Crippen LogP contribution in [-0.2, 0) is 4.74 Å². The molecule has 19 heavy (non-hydrogen) atoms. The molecule has 0 aliphatic rings. The fraction of sp³-hybridized carbons (Fsp3) is 0.300. The summed E-state index contributed by atoms with van der Waals surface area (Å²) in [4.78, 5) is 14.9. The Kier molecular flexibility index (Phi) is 4.16. The molecular weight excluding hydrogens is 267 g/mol. The predicted molar refractivity (Wildman–Crippen MR) is 56.0 cm³/mol. The summed E-state index contributed by atoms with van der Waals surface area (Å²) in [5, 5.41) is 8.69. The zero-order chi connectivity index (χ0) is 14.6. The summed E-state index contributed by atoms with van der Waals surface area (Å²) in [6.45, 7) is 1.39. The number of hydrogen-bond donors (Lipinski definition) is 1. The van der Waals surface area contributed by atoms with Gasteiger partial charge in [0.2, 0.25) is 0 Å². The average molecular weight is 275 g/mol. The molecule has 0 saturated carbocycles. The normalized spacial score (nSPS) is 10.7. The molecule has 102 valence electrons. The van der Waals surface area contributed by atoms with Gasteiger partial charge in [0.05, 0.1) is 18.5 Å². The third kappa shape index (κ3) is 3.48. The molecule has 0 bridgehead atoms. The van der Waals surface area contributed by atoms with Gasteiger partial charge in [0.25, 0.3) is 0 Å². The van der Waals surface area contributed by atoms with Crippen LogP contribution >= 0.6 is 0 Å². The number of hydrogen-bond acceptors (Lipinski definition) is 6. The van der Waals surface area contributed by atoms with Gasteiger partial charge >= 0.3 is 12.3 Å². The van der Waals surface area contributed by atoms with Crippen molar-refractivity contribution in [2.45, 2.75) is 13.3 Å². The van der Waals surface area contributed by atoms with Gasteiger partial charge in [-0.1, -0.05) is 0 Å². The highest BCUT2D eigenvalue weighted by Gasteiger charge is 2.36. The lowest BCUT2D eigenvalue weighted by atomic mass is 10.1. The molecule has 0 amide bonds. The highest BCUT2D eigenvalue weighted by Crippen LogP contribution is 2.32. The summed E-state index contributed by atoms with van der Waals surface area (Å²) in [6.07, 6.45) is -4.21. The Bertz CT molecular complexity index is 537. The molecule has 0 saturated heterocycles. The van der Waals surface area contributed by atoms with E-state index in [-0.39, 0.29) is 12.3 Å². The van der Waals surface area contributed by atoms with E-state index >= 15 is 0 Å². The van der Waals surface area contributed by atoms with Gasteiger partial charge in [0.15, 0.2) is 11.4 Å². The smallest absolute Gasteiger partial charge is 0.462 e. The second-order valence-electron chi connectivity index (χ2n) is 3.15. The highest BCUT2D eigenvalue weighted by atomic mass is 19.4. The first-order valence-corrected chi connectivity index (χ1v) is 4.91. The number of carbonyl (C=O) groups excluding carboxylic acids is 1. The van der Waals surface area contributed by atoms with Crippen LogP contribution in [-0.4, -0.2) is 23.9 Å². The van der Waals surface area contributed by atoms with Crippen LogP contribution in [0.2, 0.25) is 0 Å². The maximum atomic E-state index is 12.3. The average Bonchev–Trinajstić information content (AvgIpc) is 2.27. The van der Waals surface area contributed by atoms with Crippen molar-refractivity contribution in [3.05, 3.63) is 17.5 Å². The molecule has 0 aliphatic heterocycles. The van der Waals surface area contributed by atoms with E-state index in [4.69, 9.17) is 11.0 Å². The van der Waals surface area contributed by atoms with Crippen molar-refractivity contribution in [3.63, 3.8) is 0 Å². The van der Waals surface area contributed by atoms with Crippen LogP contribution < -0.4 is 10.5 Å². The molecule has 0 aliphatic carbocycles. The van der Waals surface area contributed by atoms with Gasteiger partial charge in [-0.3, -0.25) is 0 Å². The van der Waals surface area contributed by atoms with E-state index in [9.17, 15) is 18.0 Å². The van der Waals surface area contributed by atoms with E-state index in [2.05, 4.69) is 14.5 Å². The zero-order valence-corrected chi connectivity index (χ0v) is 9.61. The van der Waals surface area contributed by atoms with Crippen LogP contribution in [0, 0.1) is 11.3 Å². The molecule has 0 spiro atoms. The largest absolute Gasteiger partial charge is 0.573 e. The van der Waals surface area contributed by atoms with Gasteiger partial charge in [-0.15, -0.1) is 13.2 Å². The lowest BCUT2D eigenvalue weighted by Crippen LogP contribution is -2.21. The summed E-state index contributed by atoms with van der Waals surface area (Å²) in [6, 6.07) is 1.38. The van der Waals surface area contributed by atoms with E-state index in [1.165, 1.54) is 13.0 Å². The number of nitrogens with zero attached hydrogens (tertiary/aromatic N) is 2. The van der Waals surface area contributed by atoms with E-state index in [1.807, 2.05) is 0 Å². The Morgan fingerprint density at radius 2 is 2.21 bits per heavy atom. The molecule has 0 atom stereocenters. The number of nitrogens with two attached hydrogens (primary N) is 1. The number of ether oxygens (including phenoxy) is 2. The predicted octanol–water partition coefficient (Wildman–Crippen LogP) is 1.61. The van der Waals surface area contributed by atoms with Crippen LogP contribution in [0.5, 0.6) is 5.75 Å². The Balaban J connectivity index is 3.42. The SMILES string of the molecule is CCOC(=O)c1c(N)cnc(C#N)c1OC(F)(F)F. The third-order valence-electron chi connectivity index (χ3n) is 1.87. The molecule has 0 aromatic carbocycles. The van der Waals surface area contributed by atoms with Crippen molar-refractivity contribution in [3.8, 4) is 11.8 Å². The summed E-state index contributed by atoms with van der Waals surface area (Å²) < 4.78 is 45.0. The Labute approximate surface area is 105 Å². The number of rotatable bonds is 3. The molecule has 1 heterocycles. The number of esters is 1. The van der Waals surface area contributed by atoms with Crippen LogP contribution in [0.3, 0.4) is 0 Å². The van der Waals surface area contributed by atoms with Gasteiger partial charge in [-0.2, -0.15) is 5.26 Å². The minimum atomic E-state index is -5.09. The minimum Gasteiger partial charge on any atom is -0.462 e. The van der Waals surface area contributed by atoms with Gasteiger partial charge in [-0.05, 0) is 6.92 Å². The summed E-state index contributed by atoms with van der Waals surface area (Å²) in [5.41, 5.74) is 3.61. The van der Waals surface area contributed by atoms with Crippen LogP contribution in [0.25, 0.3) is 0 Å². The monoisotopic (exact) mass is 275 g/mol. The lowest BCUT2D eigenvalue weighted by molar-refractivity contribution is -0.274. The second-order valence-corrected chi connectivity index (χ2v) is 3.15. The topological polar surface area (TPSA) is 98.2 Å². The number of alkyl halides is 3. The van der Waals surface area contributed by atoms with Gasteiger partial charge < -0.3 is 15.2 Å². The number of carbonyl (C=O) groups is 1. The molecule has 6 nitrogen and oxygen atoms in total. The molecular formula is C10H8F3N3O3. The number of pyridine rings is 1. The van der Waals surface area contributed by atoms with Crippen molar-refractivity contribution in [1.82, 2.24) is 4.98 Å². The van der Waals surface area contributed by atoms with Crippen molar-refractivity contribution in [1.29, 1.82) is 5.26 Å². The fourth-order valence-corrected chi connectivity index (χ4v) is 1.22. The van der Waals surface area contributed by atoms with Gasteiger partial charge in [0.1, 0.15) is 11.6 Å². The van der Waals surface area contributed by atoms with Crippen LogP contribution in [0.1, 0.15) is 23.0 Å². The Hall–Kier alpha value is -2.50. The maximum Gasteiger partial charge on any atom is 0.573 e. The number of nitrogen functional groups attached to an aromatic ring is 1. The van der Waals surface area contributed by atoms with Crippen molar-refractivity contribution >= 4 is 11.7 Å². The van der Waals surface area contributed by atoms with Crippen molar-refractivity contribution in [2.75, 3.05) is 12.3 Å². The van der Waals surface area contributed by atoms with Gasteiger partial charge in [-0.25, -0.2) is 9.78 Å². The standard InChI is InChI=1S/C10H8F3N3O3/c1-2-18-9(17)7-5(15)4-16-6(3-14)8(7)19-10(11,12)13/h4H,2,15H2,1H3. The summed E-state index contributed by atoms with van der Waals surface area (Å²) in [5.74, 6) is -2.19. The summed E-state index contributed by atoms with van der Waals surface area (Å²) in [7, 11) is 0. The molecule has 0 unspecified atom stereocenters. The first-order chi connectivity index (χ1) is 8.80. The van der Waals surface area contributed by atoms with Crippen molar-refractivity contribution < 1.29 is 27.4 Å². The number of nitriles is 1. The molecule has 0 radical (unpaired) electrons. The van der Waals surface area contributed by atoms with E-state index in [1.54, 1.807) is 0 Å². The number of aromatic nitrogens is 1. The molecule has 1 aromatic rings. The third-order valence-corrected chi connectivity index (χ3v) is 1.87. The Morgan fingerprint density at radius 1 is 1.58 bits per heavy atom. The molecule has 9 heteroatoms. The number of anilines is 1. The number of halogens is 3. The molecule has 2 N–H and O–H groups in total. The van der Waals surface area contributed by atoms with E-state index in [0.717, 1.165) is 6.20 Å². The quantitative estimate of drug-likeness (QED) is 0.841. The fourth-order valence-electron chi connectivity index (χ4n) is 1.22. The Morgan fingerprint density at radius 3 is 2.68 bits per heavy atom.